The number of aliphatic hydroxyl groups is 1. The molecule has 176 valence electrons. The first kappa shape index (κ1) is 23.7. The molecule has 31 heavy (non-hydrogen) atoms. The molecule has 0 heterocycles. The Bertz CT molecular complexity index is 806. The lowest BCUT2D eigenvalue weighted by atomic mass is 9.60. The van der Waals surface area contributed by atoms with Crippen molar-refractivity contribution in [2.24, 2.45) is 52.3 Å². The Labute approximate surface area is 191 Å². The maximum Gasteiger partial charge on any atom is 0.192 e. The molecular weight excluding hydrogens is 400 g/mol. The van der Waals surface area contributed by atoms with Gasteiger partial charge in [0.25, 0.3) is 0 Å². The standard InChI is InChI=1S/C27H46O3Si/c1-14-13-27-15(2)12-18-21(26(18,8)9)19(24(27)29)23(30-31(10,11)25(5,6)7)17(4)16(3)20(27)22(14)28/h13,15-23,28H,12H2,1-11H3/t15-,16-,17-,18-,19-,20-,21-,22+,23-,27-/m1/s1. The smallest absolute Gasteiger partial charge is 0.192 e. The van der Waals surface area contributed by atoms with Crippen LogP contribution in [0.25, 0.3) is 0 Å². The van der Waals surface area contributed by atoms with Crippen molar-refractivity contribution in [2.45, 2.75) is 99.1 Å². The van der Waals surface area contributed by atoms with Crippen LogP contribution in [0.3, 0.4) is 0 Å². The predicted octanol–water partition coefficient (Wildman–Crippen LogP) is 6.08. The highest BCUT2D eigenvalue weighted by Crippen LogP contribution is 2.72. The van der Waals surface area contributed by atoms with Crippen molar-refractivity contribution in [3.05, 3.63) is 11.6 Å². The fourth-order valence-corrected chi connectivity index (χ4v) is 9.15. The summed E-state index contributed by atoms with van der Waals surface area (Å²) < 4.78 is 7.18. The van der Waals surface area contributed by atoms with Gasteiger partial charge in [-0.25, -0.2) is 0 Å². The van der Waals surface area contributed by atoms with Crippen LogP contribution in [-0.2, 0) is 9.22 Å². The quantitative estimate of drug-likeness (QED) is 0.413. The molecule has 1 spiro atoms. The van der Waals surface area contributed by atoms with E-state index in [0.29, 0.717) is 17.6 Å². The molecule has 10 atom stereocenters. The van der Waals surface area contributed by atoms with Crippen LogP contribution in [0.4, 0.5) is 0 Å². The van der Waals surface area contributed by atoms with Gasteiger partial charge in [-0.05, 0) is 72.1 Å². The Morgan fingerprint density at radius 3 is 2.23 bits per heavy atom. The van der Waals surface area contributed by atoms with Crippen LogP contribution in [0, 0.1) is 52.3 Å². The molecule has 0 unspecified atom stereocenters. The van der Waals surface area contributed by atoms with Crippen molar-refractivity contribution in [3.63, 3.8) is 0 Å². The molecule has 4 heteroatoms. The summed E-state index contributed by atoms with van der Waals surface area (Å²) in [7, 11) is -2.06. The molecular formula is C27H46O3Si. The number of hydrogen-bond donors (Lipinski definition) is 1. The average Bonchev–Trinajstić information content (AvgIpc) is 3.07. The number of hydrogen-bond acceptors (Lipinski definition) is 3. The van der Waals surface area contributed by atoms with E-state index in [-0.39, 0.29) is 46.1 Å². The van der Waals surface area contributed by atoms with Crippen LogP contribution in [0.5, 0.6) is 0 Å². The van der Waals surface area contributed by atoms with Crippen molar-refractivity contribution >= 4 is 14.1 Å². The molecule has 0 aromatic carbocycles. The van der Waals surface area contributed by atoms with Gasteiger partial charge in [-0.3, -0.25) is 4.79 Å². The minimum absolute atomic E-state index is 0.0267. The van der Waals surface area contributed by atoms with E-state index in [1.165, 1.54) is 0 Å². The van der Waals surface area contributed by atoms with Crippen molar-refractivity contribution in [1.82, 2.24) is 0 Å². The zero-order valence-corrected chi connectivity index (χ0v) is 22.7. The second kappa shape index (κ2) is 6.79. The third-order valence-corrected chi connectivity index (χ3v) is 15.5. The molecule has 3 saturated carbocycles. The maximum atomic E-state index is 14.7. The lowest BCUT2D eigenvalue weighted by Gasteiger charge is -2.44. The summed E-state index contributed by atoms with van der Waals surface area (Å²) in [4.78, 5) is 14.7. The molecule has 0 amide bonds. The van der Waals surface area contributed by atoms with Crippen molar-refractivity contribution in [3.8, 4) is 0 Å². The van der Waals surface area contributed by atoms with Crippen molar-refractivity contribution < 1.29 is 14.3 Å². The monoisotopic (exact) mass is 446 g/mol. The molecule has 3 fully saturated rings. The van der Waals surface area contributed by atoms with Crippen LogP contribution in [0.1, 0.15) is 68.7 Å². The Morgan fingerprint density at radius 2 is 1.68 bits per heavy atom. The molecule has 4 aliphatic carbocycles. The number of allylic oxidation sites excluding steroid dienone is 1. The van der Waals surface area contributed by atoms with E-state index in [9.17, 15) is 9.90 Å². The third kappa shape index (κ3) is 2.99. The SMILES string of the molecule is CC1=C[C@]23C(=O)[C@@H]([C@H](O[Si](C)(C)C(C)(C)C)[C@H](C)[C@@H](C)[C@@H]2[C@H]1O)[C@H]1[C@@H](C[C@H]3C)C1(C)C. The number of fused-ring (bicyclic) bond motifs is 3. The second-order valence-electron chi connectivity index (χ2n) is 13.8. The number of aliphatic hydroxyl groups excluding tert-OH is 1. The summed E-state index contributed by atoms with van der Waals surface area (Å²) >= 11 is 0. The molecule has 0 aromatic heterocycles. The van der Waals surface area contributed by atoms with E-state index in [1.807, 2.05) is 6.92 Å². The maximum absolute atomic E-state index is 14.7. The fourth-order valence-electron chi connectivity index (χ4n) is 7.76. The highest BCUT2D eigenvalue weighted by Gasteiger charge is 2.73. The second-order valence-corrected chi connectivity index (χ2v) is 18.6. The highest BCUT2D eigenvalue weighted by molar-refractivity contribution is 6.74. The molecule has 2 bridgehead atoms. The zero-order valence-electron chi connectivity index (χ0n) is 21.7. The number of ketones is 1. The summed E-state index contributed by atoms with van der Waals surface area (Å²) in [6.45, 7) is 25.1. The molecule has 3 nitrogen and oxygen atoms in total. The first-order chi connectivity index (χ1) is 14.0. The summed E-state index contributed by atoms with van der Waals surface area (Å²) in [6.07, 6.45) is 2.73. The lowest BCUT2D eigenvalue weighted by molar-refractivity contribution is -0.139. The van der Waals surface area contributed by atoms with Crippen molar-refractivity contribution in [1.29, 1.82) is 0 Å². The minimum atomic E-state index is -2.06. The predicted molar refractivity (Wildman–Crippen MR) is 129 cm³/mol. The number of rotatable bonds is 2. The summed E-state index contributed by atoms with van der Waals surface area (Å²) in [5.74, 6) is 2.01. The van der Waals surface area contributed by atoms with Gasteiger partial charge in [-0.15, -0.1) is 0 Å². The van der Waals surface area contributed by atoms with Crippen LogP contribution in [0.15, 0.2) is 11.6 Å². The normalized spacial score (nSPS) is 49.0. The van der Waals surface area contributed by atoms with Gasteiger partial charge >= 0.3 is 0 Å². The lowest BCUT2D eigenvalue weighted by Crippen LogP contribution is -2.51. The van der Waals surface area contributed by atoms with Crippen molar-refractivity contribution in [2.75, 3.05) is 0 Å². The average molecular weight is 447 g/mol. The van der Waals surface area contributed by atoms with Gasteiger partial charge in [0, 0.05) is 11.8 Å². The summed E-state index contributed by atoms with van der Waals surface area (Å²) in [5, 5.41) is 11.4. The van der Waals surface area contributed by atoms with E-state index < -0.39 is 19.8 Å². The van der Waals surface area contributed by atoms with Gasteiger partial charge in [0.05, 0.1) is 17.6 Å². The largest absolute Gasteiger partial charge is 0.413 e. The van der Waals surface area contributed by atoms with Crippen LogP contribution < -0.4 is 0 Å². The Kier molecular flexibility index (Phi) is 5.19. The summed E-state index contributed by atoms with van der Waals surface area (Å²) in [6, 6.07) is 0. The minimum Gasteiger partial charge on any atom is -0.413 e. The topological polar surface area (TPSA) is 46.5 Å². The third-order valence-electron chi connectivity index (χ3n) is 11.0. The van der Waals surface area contributed by atoms with Crippen LogP contribution in [-0.4, -0.2) is 31.4 Å². The Hall–Kier alpha value is -0.453. The molecule has 4 aliphatic rings. The zero-order chi connectivity index (χ0) is 23.5. The number of carbonyl (C=O) groups is 1. The molecule has 0 aliphatic heterocycles. The number of Topliss-reactive ketones (excluding diaryl/α,β-unsaturated/α-hetero) is 1. The highest BCUT2D eigenvalue weighted by atomic mass is 28.4. The van der Waals surface area contributed by atoms with Crippen LogP contribution >= 0.6 is 0 Å². The van der Waals surface area contributed by atoms with Gasteiger partial charge < -0.3 is 9.53 Å². The Balaban J connectivity index is 1.90. The van der Waals surface area contributed by atoms with Gasteiger partial charge in [0.2, 0.25) is 0 Å². The van der Waals surface area contributed by atoms with Crippen LogP contribution in [0.2, 0.25) is 18.1 Å². The molecule has 4 rings (SSSR count). The Morgan fingerprint density at radius 1 is 1.10 bits per heavy atom. The molecule has 0 saturated heterocycles. The first-order valence-corrected chi connectivity index (χ1v) is 15.5. The van der Waals surface area contributed by atoms with Gasteiger partial charge in [-0.2, -0.15) is 0 Å². The molecule has 0 radical (unpaired) electrons. The van der Waals surface area contributed by atoms with E-state index >= 15 is 0 Å². The fraction of sp³-hybridized carbons (Fsp3) is 0.889. The van der Waals surface area contributed by atoms with E-state index in [1.54, 1.807) is 0 Å². The van der Waals surface area contributed by atoms with Gasteiger partial charge in [0.1, 0.15) is 5.78 Å². The molecule has 1 N–H and O–H groups in total. The summed E-state index contributed by atoms with van der Waals surface area (Å²) in [5.41, 5.74) is 0.669. The van der Waals surface area contributed by atoms with Gasteiger partial charge in [0.15, 0.2) is 8.32 Å². The van der Waals surface area contributed by atoms with E-state index in [4.69, 9.17) is 4.43 Å². The first-order valence-electron chi connectivity index (χ1n) is 12.6. The van der Waals surface area contributed by atoms with Gasteiger partial charge in [-0.1, -0.05) is 61.5 Å². The molecule has 0 aromatic rings. The number of carbonyl (C=O) groups excluding carboxylic acids is 1. The van der Waals surface area contributed by atoms with E-state index in [0.717, 1.165) is 12.0 Å². The van der Waals surface area contributed by atoms with E-state index in [2.05, 4.69) is 74.6 Å².